The first-order chi connectivity index (χ1) is 57.6. The zero-order valence-corrected chi connectivity index (χ0v) is 67.8. The van der Waals surface area contributed by atoms with Gasteiger partial charge in [0.2, 0.25) is 0 Å². The Balaban J connectivity index is 0.000000146. The topological polar surface area (TPSA) is 325 Å². The number of ether oxygens (including phenoxy) is 5. The fourth-order valence-electron chi connectivity index (χ4n) is 10.5. The molecule has 119 heavy (non-hydrogen) atoms. The average Bonchev–Trinajstić information content (AvgIpc) is 1.82. The number of benzene rings is 5. The van der Waals surface area contributed by atoms with Gasteiger partial charge in [-0.15, -0.1) is 34.0 Å². The number of alkyl halides is 1. The van der Waals surface area contributed by atoms with E-state index >= 15 is 0 Å². The van der Waals surface area contributed by atoms with Crippen LogP contribution < -0.4 is 23.7 Å². The minimum absolute atomic E-state index is 0.0136. The number of nitrogens with zero attached hydrogens (tertiary/aromatic N) is 15. The van der Waals surface area contributed by atoms with Crippen LogP contribution in [0.5, 0.6) is 57.5 Å². The van der Waals surface area contributed by atoms with Gasteiger partial charge in [-0.1, -0.05) is 54.4 Å². The molecule has 25 nitrogen and oxygen atoms in total. The zero-order valence-electron chi connectivity index (χ0n) is 63.8. The van der Waals surface area contributed by atoms with E-state index < -0.39 is 17.8 Å². The van der Waals surface area contributed by atoms with Crippen molar-refractivity contribution in [3.8, 4) is 57.5 Å². The number of Topliss-reactive ketones (excluding diaryl/α,β-unsaturated/α-hetero) is 5. The summed E-state index contributed by atoms with van der Waals surface area (Å²) in [6.45, 7) is 9.05. The molecule has 0 radical (unpaired) electrons. The van der Waals surface area contributed by atoms with E-state index in [1.54, 1.807) is 110 Å². The van der Waals surface area contributed by atoms with Crippen molar-refractivity contribution < 1.29 is 60.8 Å². The lowest BCUT2D eigenvalue weighted by Gasteiger charge is -2.09. The van der Waals surface area contributed by atoms with Crippen molar-refractivity contribution in [3.63, 3.8) is 0 Å². The molecule has 10 heterocycles. The van der Waals surface area contributed by atoms with E-state index in [2.05, 4.69) is 74.8 Å². The third-order valence-corrected chi connectivity index (χ3v) is 19.3. The molecule has 0 amide bonds. The monoisotopic (exact) mass is 1690 g/mol. The van der Waals surface area contributed by atoms with Gasteiger partial charge in [0.1, 0.15) is 98.9 Å². The Morgan fingerprint density at radius 1 is 0.387 bits per heavy atom. The summed E-state index contributed by atoms with van der Waals surface area (Å²) in [5.74, 6) is 2.60. The number of hydrogen-bond acceptors (Lipinski definition) is 28. The maximum absolute atomic E-state index is 13.9. The molecule has 0 saturated carbocycles. The largest absolute Gasteiger partial charge is 0.454 e. The molecular formula is C86H68Cl2F3N15O10S3. The molecule has 0 spiro atoms. The Hall–Kier alpha value is -13.6. The van der Waals surface area contributed by atoms with E-state index in [1.807, 2.05) is 49.9 Å². The summed E-state index contributed by atoms with van der Waals surface area (Å²) >= 11 is 16.7. The predicted molar refractivity (Wildman–Crippen MR) is 441 cm³/mol. The Kier molecular flexibility index (Phi) is 31.5. The Bertz CT molecular complexity index is 5930. The summed E-state index contributed by atoms with van der Waals surface area (Å²) in [6.07, 6.45) is 25.7. The van der Waals surface area contributed by atoms with Gasteiger partial charge in [-0.2, -0.15) is 0 Å². The summed E-state index contributed by atoms with van der Waals surface area (Å²) in [4.78, 5) is 122. The van der Waals surface area contributed by atoms with E-state index in [0.717, 1.165) is 50.0 Å². The average molecular weight is 1700 g/mol. The van der Waals surface area contributed by atoms with Crippen LogP contribution in [-0.4, -0.2) is 104 Å². The van der Waals surface area contributed by atoms with Gasteiger partial charge in [0.05, 0.1) is 99.8 Å². The van der Waals surface area contributed by atoms with Gasteiger partial charge in [-0.25, -0.2) is 78.0 Å². The predicted octanol–water partition coefficient (Wildman–Crippen LogP) is 19.7. The number of thiazole rings is 3. The summed E-state index contributed by atoms with van der Waals surface area (Å²) in [7, 11) is 0. The van der Waals surface area contributed by atoms with Crippen LogP contribution in [0.3, 0.4) is 0 Å². The van der Waals surface area contributed by atoms with Gasteiger partial charge < -0.3 is 23.7 Å². The van der Waals surface area contributed by atoms with Gasteiger partial charge >= 0.3 is 0 Å². The lowest BCUT2D eigenvalue weighted by Crippen LogP contribution is -2.08. The first kappa shape index (κ1) is 86.3. The van der Waals surface area contributed by atoms with Gasteiger partial charge in [0, 0.05) is 89.5 Å². The third-order valence-electron chi connectivity index (χ3n) is 16.2. The number of halogens is 5. The fourth-order valence-corrected chi connectivity index (χ4v) is 13.2. The second kappa shape index (κ2) is 43.4. The van der Waals surface area contributed by atoms with E-state index in [-0.39, 0.29) is 76.4 Å². The molecule has 5 aromatic carbocycles. The van der Waals surface area contributed by atoms with Crippen LogP contribution in [0.25, 0.3) is 0 Å². The minimum Gasteiger partial charge on any atom is -0.454 e. The molecule has 600 valence electrons. The van der Waals surface area contributed by atoms with Crippen molar-refractivity contribution in [3.05, 3.63) is 348 Å². The van der Waals surface area contributed by atoms with Crippen molar-refractivity contribution in [2.24, 2.45) is 0 Å². The Morgan fingerprint density at radius 2 is 0.798 bits per heavy atom. The van der Waals surface area contributed by atoms with E-state index in [0.29, 0.717) is 97.0 Å². The van der Waals surface area contributed by atoms with Gasteiger partial charge in [-0.3, -0.25) is 33.9 Å². The van der Waals surface area contributed by atoms with Crippen LogP contribution in [0.2, 0.25) is 10.0 Å². The molecule has 15 rings (SSSR count). The van der Waals surface area contributed by atoms with Gasteiger partial charge in [0.15, 0.2) is 57.7 Å². The lowest BCUT2D eigenvalue weighted by molar-refractivity contribution is 0.0983. The van der Waals surface area contributed by atoms with Crippen LogP contribution in [0.15, 0.2) is 243 Å². The lowest BCUT2D eigenvalue weighted by atomic mass is 10.0. The Labute approximate surface area is 701 Å². The third kappa shape index (κ3) is 27.5. The quantitative estimate of drug-likeness (QED) is 0.0432. The highest BCUT2D eigenvalue weighted by Crippen LogP contribution is 2.31. The number of pyridine rings is 2. The highest BCUT2D eigenvalue weighted by Gasteiger charge is 2.20. The molecule has 0 N–H and O–H groups in total. The number of ketones is 5. The van der Waals surface area contributed by atoms with Crippen molar-refractivity contribution >= 4 is 86.1 Å². The van der Waals surface area contributed by atoms with Crippen LogP contribution in [-0.2, 0) is 38.5 Å². The van der Waals surface area contributed by atoms with Gasteiger partial charge in [-0.05, 0) is 136 Å². The van der Waals surface area contributed by atoms with Crippen LogP contribution in [0.4, 0.5) is 13.2 Å². The molecule has 10 aromatic heterocycles. The SMILES string of the molecule is CC(F)c1nc(CC(=O)c2cc(Cl)cc(Oc3cncnc3)c2)ccc1F.CCc1csc(CC(=O)c2cc(Cl)cc(Oc3cncnc3)c2)n1.Cc1cnc(CC(=O)c2cc(F)cc(Oc3cncnc3)c2)cc1C.Cc1csc(CC(=O)c2cccc(Oc3cncnc3)c2)n1.O=C(Cc1nccs1)c1cccc(Oc2cncnc2)c1. The summed E-state index contributed by atoms with van der Waals surface area (Å²) in [5, 5.41) is 8.95. The number of rotatable bonds is 27. The van der Waals surface area contributed by atoms with Crippen LogP contribution in [0.1, 0.15) is 126 Å². The summed E-state index contributed by atoms with van der Waals surface area (Å²) in [5.41, 5.74) is 6.85. The molecule has 33 heteroatoms. The second-order valence-corrected chi connectivity index (χ2v) is 29.1. The maximum atomic E-state index is 13.9. The highest BCUT2D eigenvalue weighted by molar-refractivity contribution is 7.10. The molecule has 0 aliphatic heterocycles. The molecule has 1 unspecified atom stereocenters. The highest BCUT2D eigenvalue weighted by atomic mass is 35.5. The minimum atomic E-state index is -1.57. The second-order valence-electron chi connectivity index (χ2n) is 25.4. The first-order valence-electron chi connectivity index (χ1n) is 35.9. The van der Waals surface area contributed by atoms with Crippen molar-refractivity contribution in [2.45, 2.75) is 79.3 Å². The van der Waals surface area contributed by atoms with E-state index in [4.69, 9.17) is 46.9 Å². The van der Waals surface area contributed by atoms with Crippen molar-refractivity contribution in [1.29, 1.82) is 0 Å². The number of aromatic nitrogens is 15. The van der Waals surface area contributed by atoms with Gasteiger partial charge in [0.25, 0.3) is 0 Å². The zero-order chi connectivity index (χ0) is 84.0. The molecule has 15 aromatic rings. The Morgan fingerprint density at radius 3 is 1.23 bits per heavy atom. The number of aryl methyl sites for hydroxylation is 4. The normalized spacial score (nSPS) is 10.8. The number of carbonyl (C=O) groups is 5. The first-order valence-corrected chi connectivity index (χ1v) is 39.3. The summed E-state index contributed by atoms with van der Waals surface area (Å²) in [6, 6.07) is 31.8. The molecular weight excluding hydrogens is 1630 g/mol. The molecule has 0 saturated heterocycles. The maximum Gasteiger partial charge on any atom is 0.169 e. The molecule has 0 bridgehead atoms. The smallest absolute Gasteiger partial charge is 0.169 e. The van der Waals surface area contributed by atoms with Crippen LogP contribution in [0, 0.1) is 32.4 Å². The van der Waals surface area contributed by atoms with Crippen LogP contribution >= 0.6 is 57.2 Å². The van der Waals surface area contributed by atoms with Crippen molar-refractivity contribution in [2.75, 3.05) is 0 Å². The molecule has 0 aliphatic rings. The standard InChI is InChI=1S/C19H14ClF2N3O2.C19H16FN3O2.C17H14ClN3O2S.C16H13N3O2S.C15H11N3O2S/c1-11(21)19-17(22)3-2-14(25-19)7-18(26)12-4-13(20)6-15(5-12)27-16-8-23-10-24-9-16;1-12-3-16(23-8-13(12)2)7-19(24)14-4-15(20)6-17(5-14)25-18-9-21-11-22-10-18;1-2-13-9-24-17(21-13)6-16(22)11-3-12(18)5-14(4-11)23-15-7-19-10-20-8-15;1-11-9-22-16(19-11)6-15(20)12-3-2-4-13(5-12)21-14-7-17-10-18-8-14;19-14(7-15-18-4-5-21-15)11-2-1-3-12(6-11)20-13-8-16-10-17-9-13/h2-6,8-11H,7H2,1H3;3-6,8-11H,7H2,1-2H3;3-5,7-10H,2,6H2,1H3;2-5,7-10H,6H2,1H3;1-6,8-10H,7H2. The fraction of sp³-hybridized carbons (Fsp3) is 0.140. The molecule has 0 aliphatic carbocycles. The number of hydrogen-bond donors (Lipinski definition) is 0. The van der Waals surface area contributed by atoms with Crippen molar-refractivity contribution in [1.82, 2.24) is 74.8 Å². The van der Waals surface area contributed by atoms with E-state index in [9.17, 15) is 37.1 Å². The summed E-state index contributed by atoms with van der Waals surface area (Å²) < 4.78 is 68.8. The van der Waals surface area contributed by atoms with E-state index in [1.165, 1.54) is 146 Å². The molecule has 0 fully saturated rings. The molecule has 1 atom stereocenters. The number of carbonyl (C=O) groups excluding carboxylic acids is 5.